The van der Waals surface area contributed by atoms with Crippen LogP contribution in [0.4, 0.5) is 0 Å². The Balaban J connectivity index is 2.01. The van der Waals surface area contributed by atoms with E-state index in [0.29, 0.717) is 37.4 Å². The van der Waals surface area contributed by atoms with Crippen LogP contribution in [0.1, 0.15) is 31.4 Å². The van der Waals surface area contributed by atoms with Gasteiger partial charge in [-0.2, -0.15) is 0 Å². The minimum Gasteiger partial charge on any atom is -0.497 e. The molecule has 0 aliphatic carbocycles. The molecule has 1 saturated heterocycles. The Bertz CT molecular complexity index is 712. The Labute approximate surface area is 149 Å². The molecule has 2 rings (SSSR count). The standard InChI is InChI=1S/C17H26N2O5S/c1-12(15-11-14(23-2)5-6-16(15)24-3)18-17(20)13-7-9-19(10-8-13)25(4,21)22/h5-6,11-13H,7-10H2,1-4H3,(H,18,20)/t12-/m1/s1. The number of benzene rings is 1. The first-order valence-corrected chi connectivity index (χ1v) is 10.1. The highest BCUT2D eigenvalue weighted by molar-refractivity contribution is 7.88. The number of ether oxygens (including phenoxy) is 2. The smallest absolute Gasteiger partial charge is 0.223 e. The van der Waals surface area contributed by atoms with Crippen molar-refractivity contribution >= 4 is 15.9 Å². The largest absolute Gasteiger partial charge is 0.497 e. The molecule has 140 valence electrons. The van der Waals surface area contributed by atoms with Gasteiger partial charge in [-0.05, 0) is 38.0 Å². The normalized spacial score (nSPS) is 17.8. The molecule has 8 heteroatoms. The molecule has 25 heavy (non-hydrogen) atoms. The van der Waals surface area contributed by atoms with Crippen LogP contribution in [0.15, 0.2) is 18.2 Å². The molecule has 0 radical (unpaired) electrons. The summed E-state index contributed by atoms with van der Waals surface area (Å²) < 4.78 is 35.1. The van der Waals surface area contributed by atoms with Crippen molar-refractivity contribution in [2.75, 3.05) is 33.6 Å². The summed E-state index contributed by atoms with van der Waals surface area (Å²) >= 11 is 0. The van der Waals surface area contributed by atoms with Crippen molar-refractivity contribution in [2.45, 2.75) is 25.8 Å². The molecule has 0 spiro atoms. The fraction of sp³-hybridized carbons (Fsp3) is 0.588. The minimum absolute atomic E-state index is 0.0643. The molecule has 1 amide bonds. The summed E-state index contributed by atoms with van der Waals surface area (Å²) in [6.07, 6.45) is 2.26. The molecule has 1 aromatic carbocycles. The van der Waals surface area contributed by atoms with Gasteiger partial charge in [0.15, 0.2) is 0 Å². The van der Waals surface area contributed by atoms with Crippen molar-refractivity contribution < 1.29 is 22.7 Å². The SMILES string of the molecule is COc1ccc(OC)c([C@@H](C)NC(=O)C2CCN(S(C)(=O)=O)CC2)c1. The number of amides is 1. The highest BCUT2D eigenvalue weighted by Gasteiger charge is 2.29. The topological polar surface area (TPSA) is 84.9 Å². The predicted molar refractivity (Wildman–Crippen MR) is 95.2 cm³/mol. The number of carbonyl (C=O) groups excluding carboxylic acids is 1. The number of rotatable bonds is 6. The van der Waals surface area contributed by atoms with Gasteiger partial charge in [0.1, 0.15) is 11.5 Å². The van der Waals surface area contributed by atoms with Crippen molar-refractivity contribution in [1.29, 1.82) is 0 Å². The summed E-state index contributed by atoms with van der Waals surface area (Å²) in [7, 11) is -0.0148. The van der Waals surface area contributed by atoms with Crippen molar-refractivity contribution in [3.63, 3.8) is 0 Å². The molecular weight excluding hydrogens is 344 g/mol. The Morgan fingerprint density at radius 1 is 1.24 bits per heavy atom. The Kier molecular flexibility index (Phi) is 6.29. The number of methoxy groups -OCH3 is 2. The van der Waals surface area contributed by atoms with E-state index in [1.165, 1.54) is 10.6 Å². The van der Waals surface area contributed by atoms with Crippen LogP contribution in [-0.4, -0.2) is 52.2 Å². The fourth-order valence-electron chi connectivity index (χ4n) is 3.04. The quantitative estimate of drug-likeness (QED) is 0.821. The summed E-state index contributed by atoms with van der Waals surface area (Å²) in [5.41, 5.74) is 0.837. The third kappa shape index (κ3) is 4.85. The van der Waals surface area contributed by atoms with Gasteiger partial charge in [-0.1, -0.05) is 0 Å². The second-order valence-corrected chi connectivity index (χ2v) is 8.26. The van der Waals surface area contributed by atoms with Gasteiger partial charge < -0.3 is 14.8 Å². The van der Waals surface area contributed by atoms with Crippen LogP contribution < -0.4 is 14.8 Å². The molecule has 0 saturated carbocycles. The maximum Gasteiger partial charge on any atom is 0.223 e. The van der Waals surface area contributed by atoms with E-state index in [1.807, 2.05) is 13.0 Å². The van der Waals surface area contributed by atoms with E-state index in [9.17, 15) is 13.2 Å². The molecule has 7 nitrogen and oxygen atoms in total. The zero-order valence-electron chi connectivity index (χ0n) is 15.1. The first-order chi connectivity index (χ1) is 11.8. The molecule has 1 aromatic rings. The van der Waals surface area contributed by atoms with Crippen LogP contribution in [0.25, 0.3) is 0 Å². The van der Waals surface area contributed by atoms with Gasteiger partial charge >= 0.3 is 0 Å². The average Bonchev–Trinajstić information content (AvgIpc) is 2.60. The molecule has 1 aliphatic heterocycles. The number of nitrogens with one attached hydrogen (secondary N) is 1. The average molecular weight is 370 g/mol. The van der Waals surface area contributed by atoms with Crippen LogP contribution in [0.2, 0.25) is 0 Å². The van der Waals surface area contributed by atoms with Crippen molar-refractivity contribution in [3.05, 3.63) is 23.8 Å². The number of piperidine rings is 1. The maximum absolute atomic E-state index is 12.5. The van der Waals surface area contributed by atoms with Crippen LogP contribution >= 0.6 is 0 Å². The fourth-order valence-corrected chi connectivity index (χ4v) is 3.91. The molecule has 0 bridgehead atoms. The number of hydrogen-bond acceptors (Lipinski definition) is 5. The van der Waals surface area contributed by atoms with Crippen LogP contribution in [0, 0.1) is 5.92 Å². The molecule has 0 unspecified atom stereocenters. The lowest BCUT2D eigenvalue weighted by molar-refractivity contribution is -0.126. The maximum atomic E-state index is 12.5. The van der Waals surface area contributed by atoms with Gasteiger partial charge in [0.25, 0.3) is 0 Å². The van der Waals surface area contributed by atoms with Gasteiger partial charge in [-0.3, -0.25) is 4.79 Å². The summed E-state index contributed by atoms with van der Waals surface area (Å²) in [5, 5.41) is 3.00. The van der Waals surface area contributed by atoms with E-state index < -0.39 is 10.0 Å². The summed E-state index contributed by atoms with van der Waals surface area (Å²) in [4.78, 5) is 12.5. The lowest BCUT2D eigenvalue weighted by atomic mass is 9.96. The molecule has 1 heterocycles. The van der Waals surface area contributed by atoms with Gasteiger partial charge in [0, 0.05) is 24.6 Å². The summed E-state index contributed by atoms with van der Waals surface area (Å²) in [5.74, 6) is 1.13. The second-order valence-electron chi connectivity index (χ2n) is 6.27. The summed E-state index contributed by atoms with van der Waals surface area (Å²) in [6, 6.07) is 5.21. The zero-order valence-corrected chi connectivity index (χ0v) is 15.9. The molecule has 0 aromatic heterocycles. The molecule has 1 fully saturated rings. The van der Waals surface area contributed by atoms with Crippen molar-refractivity contribution in [2.24, 2.45) is 5.92 Å². The van der Waals surface area contributed by atoms with Gasteiger partial charge in [0.2, 0.25) is 15.9 Å². The van der Waals surface area contributed by atoms with Crippen LogP contribution in [-0.2, 0) is 14.8 Å². The molecule has 1 N–H and O–H groups in total. The number of nitrogens with zero attached hydrogens (tertiary/aromatic N) is 1. The first-order valence-electron chi connectivity index (χ1n) is 8.23. The minimum atomic E-state index is -3.19. The third-order valence-electron chi connectivity index (χ3n) is 4.56. The van der Waals surface area contributed by atoms with Crippen LogP contribution in [0.3, 0.4) is 0 Å². The van der Waals surface area contributed by atoms with E-state index in [4.69, 9.17) is 9.47 Å². The number of carbonyl (C=O) groups is 1. The number of hydrogen-bond donors (Lipinski definition) is 1. The lowest BCUT2D eigenvalue weighted by Crippen LogP contribution is -2.43. The summed E-state index contributed by atoms with van der Waals surface area (Å²) in [6.45, 7) is 2.66. The third-order valence-corrected chi connectivity index (χ3v) is 5.86. The van der Waals surface area contributed by atoms with E-state index in [1.54, 1.807) is 26.4 Å². The molecule has 1 aliphatic rings. The molecule has 1 atom stereocenters. The Hall–Kier alpha value is -1.80. The highest BCUT2D eigenvalue weighted by Crippen LogP contribution is 2.30. The predicted octanol–water partition coefficient (Wildman–Crippen LogP) is 1.55. The zero-order chi connectivity index (χ0) is 18.6. The van der Waals surface area contributed by atoms with Crippen LogP contribution in [0.5, 0.6) is 11.5 Å². The highest BCUT2D eigenvalue weighted by atomic mass is 32.2. The van der Waals surface area contributed by atoms with E-state index >= 15 is 0 Å². The van der Waals surface area contributed by atoms with Crippen molar-refractivity contribution in [3.8, 4) is 11.5 Å². The Morgan fingerprint density at radius 2 is 1.88 bits per heavy atom. The van der Waals surface area contributed by atoms with E-state index in [2.05, 4.69) is 5.32 Å². The monoisotopic (exact) mass is 370 g/mol. The van der Waals surface area contributed by atoms with Crippen molar-refractivity contribution in [1.82, 2.24) is 9.62 Å². The van der Waals surface area contributed by atoms with Gasteiger partial charge in [-0.25, -0.2) is 12.7 Å². The second kappa shape index (κ2) is 8.05. The first kappa shape index (κ1) is 19.5. The Morgan fingerprint density at radius 3 is 2.40 bits per heavy atom. The van der Waals surface area contributed by atoms with Gasteiger partial charge in [-0.15, -0.1) is 0 Å². The lowest BCUT2D eigenvalue weighted by Gasteiger charge is -2.30. The van der Waals surface area contributed by atoms with E-state index in [0.717, 1.165) is 5.56 Å². The van der Waals surface area contributed by atoms with Gasteiger partial charge in [0.05, 0.1) is 26.5 Å². The van der Waals surface area contributed by atoms with E-state index in [-0.39, 0.29) is 17.9 Å². The molecular formula is C17H26N2O5S. The number of sulfonamides is 1.